The molecule has 1 amide bonds. The number of carbonyl (C=O) groups is 1. The molecule has 0 spiro atoms. The summed E-state index contributed by atoms with van der Waals surface area (Å²) in [6.45, 7) is 23.0. The molecule has 0 radical (unpaired) electrons. The minimum absolute atomic E-state index is 0.0617. The van der Waals surface area contributed by atoms with Gasteiger partial charge in [-0.2, -0.15) is 0 Å². The quantitative estimate of drug-likeness (QED) is 0.0701. The van der Waals surface area contributed by atoms with Gasteiger partial charge in [0.1, 0.15) is 5.60 Å². The van der Waals surface area contributed by atoms with Crippen molar-refractivity contribution in [2.75, 3.05) is 152 Å². The van der Waals surface area contributed by atoms with E-state index in [0.717, 1.165) is 0 Å². The summed E-state index contributed by atoms with van der Waals surface area (Å²) in [5.41, 5.74) is -0.513. The van der Waals surface area contributed by atoms with Crippen molar-refractivity contribution in [3.63, 3.8) is 0 Å². The fourth-order valence-electron chi connectivity index (χ4n) is 5.73. The summed E-state index contributed by atoms with van der Waals surface area (Å²) < 4.78 is 67.9. The summed E-state index contributed by atoms with van der Waals surface area (Å²) >= 11 is 0. The van der Waals surface area contributed by atoms with E-state index in [4.69, 9.17) is 56.5 Å². The molecule has 0 saturated heterocycles. The molecule has 0 aliphatic rings. The van der Waals surface area contributed by atoms with Crippen LogP contribution in [0.3, 0.4) is 0 Å². The molecular formula is C44H75NO13Si. The van der Waals surface area contributed by atoms with Gasteiger partial charge in [0.15, 0.2) is 0 Å². The predicted octanol–water partition coefficient (Wildman–Crippen LogP) is 4.60. The molecule has 0 fully saturated rings. The Kier molecular flexibility index (Phi) is 28.8. The second kappa shape index (κ2) is 32.2. The van der Waals surface area contributed by atoms with E-state index in [2.05, 4.69) is 81.4 Å². The molecular weight excluding hydrogens is 779 g/mol. The van der Waals surface area contributed by atoms with Gasteiger partial charge in [-0.05, 0) is 36.2 Å². The standard InChI is InChI=1S/C44H75NO13Si/c1-43(2,3)58-42(46)45(7)18-19-47-20-21-48-22-23-49-24-25-50-26-27-51-28-29-52-30-31-53-32-33-54-34-35-55-36-37-56-38-39-57-59(44(4,5)6,40-14-10-8-11-15-40)41-16-12-9-13-17-41/h8-17H,18-39H2,1-7H3. The third kappa shape index (κ3) is 24.5. The molecule has 0 unspecified atom stereocenters. The number of likely N-dealkylation sites (N-methyl/N-ethyl adjacent to an activating group) is 1. The average Bonchev–Trinajstić information content (AvgIpc) is 3.20. The Morgan fingerprint density at radius 3 is 0.983 bits per heavy atom. The first kappa shape index (κ1) is 52.6. The number of amides is 1. The Balaban J connectivity index is 1.29. The highest BCUT2D eigenvalue weighted by Gasteiger charge is 2.50. The van der Waals surface area contributed by atoms with E-state index in [1.54, 1.807) is 7.05 Å². The Morgan fingerprint density at radius 2 is 0.712 bits per heavy atom. The molecule has 0 N–H and O–H groups in total. The minimum atomic E-state index is -2.55. The first-order valence-corrected chi connectivity index (χ1v) is 22.8. The van der Waals surface area contributed by atoms with Crippen LogP contribution in [0.5, 0.6) is 0 Å². The highest BCUT2D eigenvalue weighted by Crippen LogP contribution is 2.36. The van der Waals surface area contributed by atoms with E-state index >= 15 is 0 Å². The number of ether oxygens (including phenoxy) is 11. The molecule has 2 rings (SSSR count). The third-order valence-corrected chi connectivity index (χ3v) is 13.6. The fourth-order valence-corrected chi connectivity index (χ4v) is 10.3. The lowest BCUT2D eigenvalue weighted by Gasteiger charge is -2.43. The van der Waals surface area contributed by atoms with Gasteiger partial charge in [0.25, 0.3) is 8.32 Å². The average molecular weight is 854 g/mol. The molecule has 0 atom stereocenters. The van der Waals surface area contributed by atoms with Gasteiger partial charge < -0.3 is 61.4 Å². The minimum Gasteiger partial charge on any atom is -0.444 e. The maximum absolute atomic E-state index is 11.9. The van der Waals surface area contributed by atoms with Crippen LogP contribution in [0.25, 0.3) is 0 Å². The third-order valence-electron chi connectivity index (χ3n) is 8.59. The molecule has 0 bridgehead atoms. The van der Waals surface area contributed by atoms with Crippen molar-refractivity contribution in [3.05, 3.63) is 60.7 Å². The second-order valence-electron chi connectivity index (χ2n) is 15.5. The molecule has 0 aliphatic carbocycles. The lowest BCUT2D eigenvalue weighted by Crippen LogP contribution is -2.66. The molecule has 15 heteroatoms. The highest BCUT2D eigenvalue weighted by atomic mass is 28.4. The van der Waals surface area contributed by atoms with Crippen molar-refractivity contribution in [2.45, 2.75) is 52.2 Å². The number of hydrogen-bond donors (Lipinski definition) is 0. The summed E-state index contributed by atoms with van der Waals surface area (Å²) in [6.07, 6.45) is -0.365. The first-order valence-electron chi connectivity index (χ1n) is 20.9. The molecule has 2 aromatic rings. The first-order chi connectivity index (χ1) is 28.5. The van der Waals surface area contributed by atoms with Crippen LogP contribution in [0.1, 0.15) is 41.5 Å². The van der Waals surface area contributed by atoms with Crippen molar-refractivity contribution in [1.82, 2.24) is 4.90 Å². The van der Waals surface area contributed by atoms with Crippen molar-refractivity contribution in [1.29, 1.82) is 0 Å². The van der Waals surface area contributed by atoms with E-state index in [1.165, 1.54) is 15.3 Å². The van der Waals surface area contributed by atoms with Crippen LogP contribution < -0.4 is 10.4 Å². The number of rotatable bonds is 36. The maximum atomic E-state index is 11.9. The van der Waals surface area contributed by atoms with Crippen LogP contribution in [0, 0.1) is 0 Å². The zero-order chi connectivity index (χ0) is 42.9. The van der Waals surface area contributed by atoms with Crippen LogP contribution >= 0.6 is 0 Å². The van der Waals surface area contributed by atoms with Gasteiger partial charge in [-0.3, -0.25) is 0 Å². The molecule has 0 aliphatic heterocycles. The van der Waals surface area contributed by atoms with Gasteiger partial charge in [0.05, 0.1) is 139 Å². The molecule has 0 heterocycles. The highest BCUT2D eigenvalue weighted by molar-refractivity contribution is 6.99. The number of hydrogen-bond acceptors (Lipinski definition) is 13. The number of nitrogens with zero attached hydrogens (tertiary/aromatic N) is 1. The Hall–Kier alpha value is -2.51. The monoisotopic (exact) mass is 854 g/mol. The van der Waals surface area contributed by atoms with Gasteiger partial charge in [0, 0.05) is 13.6 Å². The van der Waals surface area contributed by atoms with Gasteiger partial charge in [-0.1, -0.05) is 81.4 Å². The molecule has 2 aromatic carbocycles. The summed E-state index contributed by atoms with van der Waals surface area (Å²) in [7, 11) is -0.863. The predicted molar refractivity (Wildman–Crippen MR) is 231 cm³/mol. The molecule has 338 valence electrons. The van der Waals surface area contributed by atoms with Crippen molar-refractivity contribution in [2.24, 2.45) is 0 Å². The second-order valence-corrected chi connectivity index (χ2v) is 19.8. The summed E-state index contributed by atoms with van der Waals surface area (Å²) in [4.78, 5) is 13.4. The zero-order valence-corrected chi connectivity index (χ0v) is 38.1. The lowest BCUT2D eigenvalue weighted by molar-refractivity contribution is -0.0270. The maximum Gasteiger partial charge on any atom is 0.410 e. The van der Waals surface area contributed by atoms with Crippen LogP contribution in [-0.4, -0.2) is 177 Å². The van der Waals surface area contributed by atoms with E-state index in [1.807, 2.05) is 20.8 Å². The van der Waals surface area contributed by atoms with Gasteiger partial charge >= 0.3 is 6.09 Å². The zero-order valence-electron chi connectivity index (χ0n) is 37.1. The van der Waals surface area contributed by atoms with Crippen LogP contribution in [0.2, 0.25) is 5.04 Å². The molecule has 0 aromatic heterocycles. The van der Waals surface area contributed by atoms with Crippen molar-refractivity contribution < 1.29 is 61.3 Å². The van der Waals surface area contributed by atoms with Crippen LogP contribution in [-0.2, 0) is 56.5 Å². The number of carbonyl (C=O) groups excluding carboxylic acids is 1. The van der Waals surface area contributed by atoms with Crippen molar-refractivity contribution in [3.8, 4) is 0 Å². The SMILES string of the molecule is CN(CCOCCOCCOCCOCCOCCOCCOCCOCCOCCOCCO[Si](c1ccccc1)(c1ccccc1)C(C)(C)C)C(=O)OC(C)(C)C. The van der Waals surface area contributed by atoms with E-state index in [0.29, 0.717) is 145 Å². The molecule has 0 saturated carbocycles. The lowest BCUT2D eigenvalue weighted by atomic mass is 10.2. The summed E-state index contributed by atoms with van der Waals surface area (Å²) in [5, 5.41) is 2.47. The van der Waals surface area contributed by atoms with Crippen molar-refractivity contribution >= 4 is 24.8 Å². The Morgan fingerprint density at radius 1 is 0.441 bits per heavy atom. The fraction of sp³-hybridized carbons (Fsp3) is 0.705. The van der Waals surface area contributed by atoms with Gasteiger partial charge in [-0.15, -0.1) is 0 Å². The van der Waals surface area contributed by atoms with E-state index in [-0.39, 0.29) is 11.1 Å². The van der Waals surface area contributed by atoms with Crippen LogP contribution in [0.4, 0.5) is 4.79 Å². The normalized spacial score (nSPS) is 12.3. The largest absolute Gasteiger partial charge is 0.444 e. The van der Waals surface area contributed by atoms with Gasteiger partial charge in [0.2, 0.25) is 0 Å². The molecule has 14 nitrogen and oxygen atoms in total. The van der Waals surface area contributed by atoms with E-state index in [9.17, 15) is 4.79 Å². The molecule has 59 heavy (non-hydrogen) atoms. The number of benzene rings is 2. The Bertz CT molecular complexity index is 1240. The van der Waals surface area contributed by atoms with Gasteiger partial charge in [-0.25, -0.2) is 4.79 Å². The smallest absolute Gasteiger partial charge is 0.410 e. The summed E-state index contributed by atoms with van der Waals surface area (Å²) in [6, 6.07) is 21.3. The Labute approximate surface area is 355 Å². The summed E-state index contributed by atoms with van der Waals surface area (Å²) in [5.74, 6) is 0. The topological polar surface area (TPSA) is 131 Å². The van der Waals surface area contributed by atoms with Crippen LogP contribution in [0.15, 0.2) is 60.7 Å². The van der Waals surface area contributed by atoms with E-state index < -0.39 is 13.9 Å².